The number of hydrogen-bond donors (Lipinski definition) is 1. The molecule has 0 aliphatic carbocycles. The predicted octanol–water partition coefficient (Wildman–Crippen LogP) is 4.94. The Hall–Kier alpha value is -3.55. The monoisotopic (exact) mass is 401 g/mol. The van der Waals surface area contributed by atoms with Gasteiger partial charge in [-0.2, -0.15) is 13.2 Å². The second-order valence-corrected chi connectivity index (χ2v) is 6.29. The zero-order chi connectivity index (χ0) is 21.0. The molecule has 0 radical (unpaired) electrons. The van der Waals surface area contributed by atoms with Crippen LogP contribution in [-0.4, -0.2) is 23.8 Å². The third-order valence-electron chi connectivity index (χ3n) is 4.21. The highest BCUT2D eigenvalue weighted by atomic mass is 19.4. The first kappa shape index (κ1) is 20.2. The van der Waals surface area contributed by atoms with E-state index in [4.69, 9.17) is 0 Å². The van der Waals surface area contributed by atoms with Gasteiger partial charge in [-0.1, -0.05) is 47.6 Å². The minimum atomic E-state index is -4.62. The second-order valence-electron chi connectivity index (χ2n) is 6.29. The number of alkyl halides is 3. The molecule has 8 heteroatoms. The SMILES string of the molecule is CON=Cc1ccc(-c2ccccc2NC(=O)c2cn(C)cc2C(F)(F)F)cc1. The molecule has 1 heterocycles. The van der Waals surface area contributed by atoms with Gasteiger partial charge in [0.15, 0.2) is 0 Å². The molecule has 5 nitrogen and oxygen atoms in total. The van der Waals surface area contributed by atoms with Crippen LogP contribution >= 0.6 is 0 Å². The molecular formula is C21H18F3N3O2. The predicted molar refractivity (Wildman–Crippen MR) is 105 cm³/mol. The van der Waals surface area contributed by atoms with Crippen molar-refractivity contribution in [2.45, 2.75) is 6.18 Å². The molecule has 0 bridgehead atoms. The molecule has 0 fully saturated rings. The fourth-order valence-electron chi connectivity index (χ4n) is 2.89. The van der Waals surface area contributed by atoms with Gasteiger partial charge in [0.1, 0.15) is 7.11 Å². The van der Waals surface area contributed by atoms with Crippen molar-refractivity contribution in [2.24, 2.45) is 12.2 Å². The molecule has 3 rings (SSSR count). The number of benzene rings is 2. The van der Waals surface area contributed by atoms with E-state index in [2.05, 4.69) is 15.3 Å². The van der Waals surface area contributed by atoms with Gasteiger partial charge in [0, 0.05) is 30.7 Å². The van der Waals surface area contributed by atoms with Gasteiger partial charge in [0.2, 0.25) is 0 Å². The molecule has 0 spiro atoms. The largest absolute Gasteiger partial charge is 0.418 e. The van der Waals surface area contributed by atoms with Crippen LogP contribution in [0.25, 0.3) is 11.1 Å². The number of nitrogens with one attached hydrogen (secondary N) is 1. The zero-order valence-electron chi connectivity index (χ0n) is 15.7. The first-order valence-electron chi connectivity index (χ1n) is 8.60. The van der Waals surface area contributed by atoms with Crippen LogP contribution < -0.4 is 5.32 Å². The van der Waals surface area contributed by atoms with E-state index in [1.165, 1.54) is 18.7 Å². The highest BCUT2D eigenvalue weighted by Crippen LogP contribution is 2.34. The van der Waals surface area contributed by atoms with Gasteiger partial charge in [-0.05, 0) is 17.2 Å². The Morgan fingerprint density at radius 3 is 2.45 bits per heavy atom. The second kappa shape index (κ2) is 8.22. The van der Waals surface area contributed by atoms with Crippen molar-refractivity contribution in [1.82, 2.24) is 4.57 Å². The minimum absolute atomic E-state index is 0.410. The number of carbonyl (C=O) groups excluding carboxylic acids is 1. The summed E-state index contributed by atoms with van der Waals surface area (Å²) in [5.74, 6) is -0.825. The lowest BCUT2D eigenvalue weighted by Crippen LogP contribution is -2.17. The Labute approximate surface area is 165 Å². The summed E-state index contributed by atoms with van der Waals surface area (Å²) in [4.78, 5) is 17.2. The van der Waals surface area contributed by atoms with E-state index in [9.17, 15) is 18.0 Å². The van der Waals surface area contributed by atoms with Crippen molar-refractivity contribution in [3.8, 4) is 11.1 Å². The van der Waals surface area contributed by atoms with Gasteiger partial charge in [0.25, 0.3) is 5.91 Å². The molecule has 0 aliphatic heterocycles. The van der Waals surface area contributed by atoms with Crippen LogP contribution in [-0.2, 0) is 18.1 Å². The molecule has 2 aromatic carbocycles. The third-order valence-corrected chi connectivity index (χ3v) is 4.21. The topological polar surface area (TPSA) is 55.6 Å². The normalized spacial score (nSPS) is 11.6. The van der Waals surface area contributed by atoms with Gasteiger partial charge in [-0.15, -0.1) is 0 Å². The fraction of sp³-hybridized carbons (Fsp3) is 0.143. The first-order chi connectivity index (χ1) is 13.8. The maximum Gasteiger partial charge on any atom is 0.418 e. The summed E-state index contributed by atoms with van der Waals surface area (Å²) in [5.41, 5.74) is 1.29. The number of aromatic nitrogens is 1. The van der Waals surface area contributed by atoms with Crippen molar-refractivity contribution in [3.05, 3.63) is 77.6 Å². The molecule has 0 unspecified atom stereocenters. The molecule has 1 amide bonds. The maximum absolute atomic E-state index is 13.2. The van der Waals surface area contributed by atoms with Crippen molar-refractivity contribution >= 4 is 17.8 Å². The van der Waals surface area contributed by atoms with Gasteiger partial charge in [0.05, 0.1) is 17.3 Å². The standard InChI is InChI=1S/C21H18F3N3O2/c1-27-12-17(18(13-27)21(22,23)24)20(28)26-19-6-4-3-5-16(19)15-9-7-14(8-10-15)11-25-29-2/h3-13H,1-2H3,(H,26,28). The summed E-state index contributed by atoms with van der Waals surface area (Å²) >= 11 is 0. The number of amides is 1. The van der Waals surface area contributed by atoms with Crippen molar-refractivity contribution < 1.29 is 22.8 Å². The Balaban J connectivity index is 1.91. The summed E-state index contributed by atoms with van der Waals surface area (Å²) in [5, 5.41) is 6.29. The van der Waals surface area contributed by atoms with E-state index >= 15 is 0 Å². The number of anilines is 1. The summed E-state index contributed by atoms with van der Waals surface area (Å²) in [7, 11) is 2.88. The number of hydrogen-bond acceptors (Lipinski definition) is 3. The summed E-state index contributed by atoms with van der Waals surface area (Å²) in [6.07, 6.45) is -1.02. The molecule has 0 atom stereocenters. The lowest BCUT2D eigenvalue weighted by molar-refractivity contribution is -0.137. The van der Waals surface area contributed by atoms with Crippen molar-refractivity contribution in [1.29, 1.82) is 0 Å². The van der Waals surface area contributed by atoms with Crippen molar-refractivity contribution in [2.75, 3.05) is 12.4 Å². The van der Waals surface area contributed by atoms with Crippen LogP contribution in [0.5, 0.6) is 0 Å². The number of para-hydroxylation sites is 1. The molecule has 0 saturated heterocycles. The van der Waals surface area contributed by atoms with Crippen LogP contribution in [0.1, 0.15) is 21.5 Å². The Morgan fingerprint density at radius 1 is 1.10 bits per heavy atom. The van der Waals surface area contributed by atoms with Crippen LogP contribution in [0.2, 0.25) is 0 Å². The van der Waals surface area contributed by atoms with E-state index in [1.807, 2.05) is 24.3 Å². The average molecular weight is 401 g/mol. The number of oxime groups is 1. The number of aryl methyl sites for hydroxylation is 1. The number of nitrogens with zero attached hydrogens (tertiary/aromatic N) is 2. The maximum atomic E-state index is 13.2. The zero-order valence-corrected chi connectivity index (χ0v) is 15.7. The molecule has 3 aromatic rings. The molecule has 0 saturated carbocycles. The lowest BCUT2D eigenvalue weighted by atomic mass is 10.0. The summed E-state index contributed by atoms with van der Waals surface area (Å²) < 4.78 is 40.9. The smallest absolute Gasteiger partial charge is 0.399 e. The van der Waals surface area contributed by atoms with E-state index in [-0.39, 0.29) is 0 Å². The van der Waals surface area contributed by atoms with E-state index in [1.54, 1.807) is 30.5 Å². The number of carbonyl (C=O) groups is 1. The van der Waals surface area contributed by atoms with Crippen LogP contribution in [0, 0.1) is 0 Å². The minimum Gasteiger partial charge on any atom is -0.399 e. The molecular weight excluding hydrogens is 383 g/mol. The first-order valence-corrected chi connectivity index (χ1v) is 8.60. The van der Waals surface area contributed by atoms with E-state index in [0.29, 0.717) is 11.3 Å². The van der Waals surface area contributed by atoms with Crippen LogP contribution in [0.3, 0.4) is 0 Å². The highest BCUT2D eigenvalue weighted by molar-refractivity contribution is 6.07. The number of halogens is 3. The summed E-state index contributed by atoms with van der Waals surface area (Å²) in [6, 6.07) is 14.2. The Morgan fingerprint density at radius 2 is 1.79 bits per heavy atom. The van der Waals surface area contributed by atoms with Crippen LogP contribution in [0.15, 0.2) is 66.1 Å². The highest BCUT2D eigenvalue weighted by Gasteiger charge is 2.36. The van der Waals surface area contributed by atoms with Gasteiger partial charge < -0.3 is 14.7 Å². The van der Waals surface area contributed by atoms with Gasteiger partial charge >= 0.3 is 6.18 Å². The number of rotatable bonds is 5. The molecule has 0 aliphatic rings. The third kappa shape index (κ3) is 4.66. The quantitative estimate of drug-likeness (QED) is 0.486. The summed E-state index contributed by atoms with van der Waals surface area (Å²) in [6.45, 7) is 0. The molecule has 1 aromatic heterocycles. The van der Waals surface area contributed by atoms with E-state index < -0.39 is 23.2 Å². The van der Waals surface area contributed by atoms with Crippen LogP contribution in [0.4, 0.5) is 18.9 Å². The average Bonchev–Trinajstić information content (AvgIpc) is 3.10. The Kier molecular flexibility index (Phi) is 5.72. The van der Waals surface area contributed by atoms with Gasteiger partial charge in [-0.3, -0.25) is 4.79 Å². The lowest BCUT2D eigenvalue weighted by Gasteiger charge is -2.12. The molecule has 29 heavy (non-hydrogen) atoms. The van der Waals surface area contributed by atoms with Crippen molar-refractivity contribution in [3.63, 3.8) is 0 Å². The van der Waals surface area contributed by atoms with E-state index in [0.717, 1.165) is 23.5 Å². The Bertz CT molecular complexity index is 1040. The molecule has 1 N–H and O–H groups in total. The fourth-order valence-corrected chi connectivity index (χ4v) is 2.89. The molecule has 150 valence electrons. The van der Waals surface area contributed by atoms with Gasteiger partial charge in [-0.25, -0.2) is 0 Å².